The minimum Gasteiger partial charge on any atom is -0.460 e. The first-order valence-corrected chi connectivity index (χ1v) is 11.4. The van der Waals surface area contributed by atoms with Crippen molar-refractivity contribution in [1.82, 2.24) is 4.72 Å². The van der Waals surface area contributed by atoms with Crippen molar-refractivity contribution < 1.29 is 22.4 Å². The number of carbonyl (C=O) groups excluding carboxylic acids is 1. The van der Waals surface area contributed by atoms with Gasteiger partial charge in [-0.05, 0) is 43.0 Å². The SMILES string of the molecule is Cc1ccc2c(COC(=O)C(NS(=O)(=O)c3ccccc3)C(C)C)cc(=O)oc2c1C. The van der Waals surface area contributed by atoms with Crippen LogP contribution >= 0.6 is 0 Å². The van der Waals surface area contributed by atoms with Crippen LogP contribution in [0.25, 0.3) is 11.0 Å². The Hall–Kier alpha value is -2.97. The highest BCUT2D eigenvalue weighted by atomic mass is 32.2. The molecular weight excluding hydrogens is 418 g/mol. The van der Waals surface area contributed by atoms with Gasteiger partial charge < -0.3 is 9.15 Å². The molecule has 8 heteroatoms. The van der Waals surface area contributed by atoms with E-state index >= 15 is 0 Å². The largest absolute Gasteiger partial charge is 0.460 e. The number of nitrogens with one attached hydrogen (secondary N) is 1. The summed E-state index contributed by atoms with van der Waals surface area (Å²) in [7, 11) is -3.90. The van der Waals surface area contributed by atoms with Crippen LogP contribution in [0, 0.1) is 19.8 Å². The molecule has 0 aliphatic carbocycles. The van der Waals surface area contributed by atoms with E-state index in [9.17, 15) is 18.0 Å². The molecule has 164 valence electrons. The van der Waals surface area contributed by atoms with Crippen LogP contribution in [0.15, 0.2) is 62.6 Å². The monoisotopic (exact) mass is 443 g/mol. The first-order valence-electron chi connectivity index (χ1n) is 9.87. The fourth-order valence-corrected chi connectivity index (χ4v) is 4.53. The fraction of sp³-hybridized carbons (Fsp3) is 0.304. The second-order valence-corrected chi connectivity index (χ2v) is 9.45. The lowest BCUT2D eigenvalue weighted by molar-refractivity contribution is -0.148. The van der Waals surface area contributed by atoms with E-state index in [1.807, 2.05) is 26.0 Å². The van der Waals surface area contributed by atoms with Gasteiger partial charge in [0.15, 0.2) is 0 Å². The maximum Gasteiger partial charge on any atom is 0.336 e. The lowest BCUT2D eigenvalue weighted by Gasteiger charge is -2.21. The first-order chi connectivity index (χ1) is 14.6. The molecule has 0 fully saturated rings. The molecule has 1 aromatic heterocycles. The van der Waals surface area contributed by atoms with Crippen LogP contribution in [0.2, 0.25) is 0 Å². The quantitative estimate of drug-likeness (QED) is 0.443. The molecule has 3 aromatic rings. The third kappa shape index (κ3) is 5.03. The van der Waals surface area contributed by atoms with Crippen molar-refractivity contribution in [3.63, 3.8) is 0 Å². The van der Waals surface area contributed by atoms with Gasteiger partial charge in [-0.15, -0.1) is 0 Å². The number of rotatable bonds is 7. The number of esters is 1. The Morgan fingerprint density at radius 3 is 2.42 bits per heavy atom. The van der Waals surface area contributed by atoms with E-state index in [-0.39, 0.29) is 17.4 Å². The topological polar surface area (TPSA) is 103 Å². The van der Waals surface area contributed by atoms with Crippen LogP contribution in [-0.4, -0.2) is 20.4 Å². The van der Waals surface area contributed by atoms with Gasteiger partial charge >= 0.3 is 11.6 Å². The Labute approximate surface area is 181 Å². The number of hydrogen-bond donors (Lipinski definition) is 1. The standard InChI is InChI=1S/C23H25NO6S/c1-14(2)21(24-31(27,28)18-8-6-5-7-9-18)23(26)29-13-17-12-20(25)30-22-16(4)15(3)10-11-19(17)22/h5-12,14,21,24H,13H2,1-4H3. The van der Waals surface area contributed by atoms with Crippen molar-refractivity contribution in [2.45, 2.75) is 45.2 Å². The Morgan fingerprint density at radius 1 is 1.10 bits per heavy atom. The van der Waals surface area contributed by atoms with E-state index < -0.39 is 27.7 Å². The average Bonchev–Trinajstić information content (AvgIpc) is 2.73. The maximum atomic E-state index is 12.8. The van der Waals surface area contributed by atoms with E-state index in [1.54, 1.807) is 32.0 Å². The van der Waals surface area contributed by atoms with E-state index in [0.717, 1.165) is 11.1 Å². The van der Waals surface area contributed by atoms with E-state index in [0.29, 0.717) is 16.5 Å². The van der Waals surface area contributed by atoms with Gasteiger partial charge in [0.25, 0.3) is 0 Å². The zero-order valence-corrected chi connectivity index (χ0v) is 18.7. The highest BCUT2D eigenvalue weighted by molar-refractivity contribution is 7.89. The van der Waals surface area contributed by atoms with Crippen LogP contribution in [0.5, 0.6) is 0 Å². The Kier molecular flexibility index (Phi) is 6.62. The minimum absolute atomic E-state index is 0.0611. The Morgan fingerprint density at radius 2 is 1.77 bits per heavy atom. The van der Waals surface area contributed by atoms with Crippen LogP contribution < -0.4 is 10.3 Å². The predicted molar refractivity (Wildman–Crippen MR) is 117 cm³/mol. The normalized spacial score (nSPS) is 12.8. The third-order valence-electron chi connectivity index (χ3n) is 5.14. The van der Waals surface area contributed by atoms with Crippen LogP contribution in [0.3, 0.4) is 0 Å². The Bertz CT molecular complexity index is 1260. The van der Waals surface area contributed by atoms with Gasteiger partial charge in [-0.25, -0.2) is 13.2 Å². The number of fused-ring (bicyclic) bond motifs is 1. The summed E-state index contributed by atoms with van der Waals surface area (Å²) in [5, 5.41) is 0.668. The van der Waals surface area contributed by atoms with Crippen molar-refractivity contribution in [3.05, 3.63) is 75.6 Å². The summed E-state index contributed by atoms with van der Waals surface area (Å²) in [6, 6.07) is 11.7. The van der Waals surface area contributed by atoms with Crippen LogP contribution in [0.4, 0.5) is 0 Å². The predicted octanol–water partition coefficient (Wildman–Crippen LogP) is 3.46. The fourth-order valence-electron chi connectivity index (χ4n) is 3.17. The van der Waals surface area contributed by atoms with Gasteiger partial charge in [0, 0.05) is 17.0 Å². The molecule has 0 aliphatic heterocycles. The van der Waals surface area contributed by atoms with Gasteiger partial charge in [-0.3, -0.25) is 4.79 Å². The highest BCUT2D eigenvalue weighted by Gasteiger charge is 2.29. The molecule has 1 heterocycles. The summed E-state index contributed by atoms with van der Waals surface area (Å²) >= 11 is 0. The summed E-state index contributed by atoms with van der Waals surface area (Å²) in [5.41, 5.74) is 2.20. The highest BCUT2D eigenvalue weighted by Crippen LogP contribution is 2.24. The zero-order chi connectivity index (χ0) is 22.8. The molecule has 0 amide bonds. The van der Waals surface area contributed by atoms with Crippen molar-refractivity contribution in [2.75, 3.05) is 0 Å². The molecule has 1 atom stereocenters. The number of aryl methyl sites for hydroxylation is 2. The Balaban J connectivity index is 1.83. The molecule has 2 aromatic carbocycles. The van der Waals surface area contributed by atoms with Crippen molar-refractivity contribution >= 4 is 27.0 Å². The van der Waals surface area contributed by atoms with Gasteiger partial charge in [-0.2, -0.15) is 4.72 Å². The second-order valence-electron chi connectivity index (χ2n) is 7.74. The molecular formula is C23H25NO6S. The van der Waals surface area contributed by atoms with Crippen molar-refractivity contribution in [2.24, 2.45) is 5.92 Å². The van der Waals surface area contributed by atoms with E-state index in [2.05, 4.69) is 4.72 Å². The lowest BCUT2D eigenvalue weighted by Crippen LogP contribution is -2.45. The molecule has 1 N–H and O–H groups in total. The summed E-state index contributed by atoms with van der Waals surface area (Å²) in [4.78, 5) is 24.8. The number of carbonyl (C=O) groups is 1. The maximum absolute atomic E-state index is 12.8. The minimum atomic E-state index is -3.90. The van der Waals surface area contributed by atoms with E-state index in [1.165, 1.54) is 18.2 Å². The summed E-state index contributed by atoms with van der Waals surface area (Å²) in [5.74, 6) is -1.08. The molecule has 31 heavy (non-hydrogen) atoms. The van der Waals surface area contributed by atoms with Gasteiger partial charge in [0.2, 0.25) is 10.0 Å². The number of ether oxygens (including phenoxy) is 1. The molecule has 0 saturated heterocycles. The van der Waals surface area contributed by atoms with E-state index in [4.69, 9.17) is 9.15 Å². The zero-order valence-electron chi connectivity index (χ0n) is 17.8. The van der Waals surface area contributed by atoms with Gasteiger partial charge in [-0.1, -0.05) is 44.2 Å². The molecule has 1 unspecified atom stereocenters. The lowest BCUT2D eigenvalue weighted by atomic mass is 10.0. The summed E-state index contributed by atoms with van der Waals surface area (Å²) < 4.78 is 38.5. The molecule has 0 saturated carbocycles. The molecule has 0 spiro atoms. The smallest absolute Gasteiger partial charge is 0.336 e. The van der Waals surface area contributed by atoms with Crippen LogP contribution in [-0.2, 0) is 26.2 Å². The summed E-state index contributed by atoms with van der Waals surface area (Å²) in [6.45, 7) is 7.02. The molecule has 0 aliphatic rings. The number of sulfonamides is 1. The average molecular weight is 444 g/mol. The second kappa shape index (κ2) is 9.03. The number of benzene rings is 2. The van der Waals surface area contributed by atoms with Crippen molar-refractivity contribution in [1.29, 1.82) is 0 Å². The van der Waals surface area contributed by atoms with Gasteiger partial charge in [0.1, 0.15) is 18.2 Å². The number of hydrogen-bond acceptors (Lipinski definition) is 6. The third-order valence-corrected chi connectivity index (χ3v) is 6.60. The molecule has 0 radical (unpaired) electrons. The van der Waals surface area contributed by atoms with Crippen LogP contribution in [0.1, 0.15) is 30.5 Å². The summed E-state index contributed by atoms with van der Waals surface area (Å²) in [6.07, 6.45) is 0. The first kappa shape index (κ1) is 22.7. The molecule has 3 rings (SSSR count). The molecule has 7 nitrogen and oxygen atoms in total. The van der Waals surface area contributed by atoms with Gasteiger partial charge in [0.05, 0.1) is 4.90 Å². The molecule has 0 bridgehead atoms. The van der Waals surface area contributed by atoms with Crippen molar-refractivity contribution in [3.8, 4) is 0 Å².